The number of anilines is 2. The van der Waals surface area contributed by atoms with Gasteiger partial charge in [-0.1, -0.05) is 18.2 Å². The molecule has 0 aliphatic heterocycles. The lowest BCUT2D eigenvalue weighted by molar-refractivity contribution is 0.102. The summed E-state index contributed by atoms with van der Waals surface area (Å²) >= 11 is 0. The largest absolute Gasteiger partial charge is 0.378 e. The monoisotopic (exact) mass is 292 g/mol. The van der Waals surface area contributed by atoms with E-state index in [1.807, 2.05) is 67.5 Å². The SMILES string of the molecule is CN(C)c1ccc(NC(=O)c2cc3ccccc3nn2)cc1. The molecule has 0 radical (unpaired) electrons. The number of aromatic nitrogens is 2. The molecular weight excluding hydrogens is 276 g/mol. The number of nitrogens with zero attached hydrogens (tertiary/aromatic N) is 3. The van der Waals surface area contributed by atoms with Crippen LogP contribution in [0.3, 0.4) is 0 Å². The molecule has 3 rings (SSSR count). The van der Waals surface area contributed by atoms with Crippen LogP contribution in [0.5, 0.6) is 0 Å². The van der Waals surface area contributed by atoms with Gasteiger partial charge in [-0.05, 0) is 36.4 Å². The van der Waals surface area contributed by atoms with Crippen LogP contribution in [0.4, 0.5) is 11.4 Å². The number of rotatable bonds is 3. The van der Waals surface area contributed by atoms with Crippen LogP contribution in [0.1, 0.15) is 10.5 Å². The molecule has 0 aliphatic rings. The Balaban J connectivity index is 1.80. The molecule has 3 aromatic rings. The van der Waals surface area contributed by atoms with Gasteiger partial charge in [0.05, 0.1) is 5.52 Å². The molecule has 22 heavy (non-hydrogen) atoms. The van der Waals surface area contributed by atoms with Gasteiger partial charge in [-0.25, -0.2) is 0 Å². The molecule has 5 heteroatoms. The number of amides is 1. The molecule has 110 valence electrons. The third-order valence-corrected chi connectivity index (χ3v) is 3.37. The van der Waals surface area contributed by atoms with Gasteiger partial charge < -0.3 is 10.2 Å². The highest BCUT2D eigenvalue weighted by Crippen LogP contribution is 2.17. The van der Waals surface area contributed by atoms with Crippen molar-refractivity contribution in [2.75, 3.05) is 24.3 Å². The maximum atomic E-state index is 12.3. The van der Waals surface area contributed by atoms with E-state index in [4.69, 9.17) is 0 Å². The van der Waals surface area contributed by atoms with Crippen LogP contribution < -0.4 is 10.2 Å². The Bertz CT molecular complexity index is 812. The van der Waals surface area contributed by atoms with Gasteiger partial charge in [0.25, 0.3) is 5.91 Å². The third kappa shape index (κ3) is 2.88. The van der Waals surface area contributed by atoms with Gasteiger partial charge in [-0.2, -0.15) is 0 Å². The first-order chi connectivity index (χ1) is 10.6. The number of hydrogen-bond acceptors (Lipinski definition) is 4. The van der Waals surface area contributed by atoms with Gasteiger partial charge in [0.2, 0.25) is 0 Å². The minimum absolute atomic E-state index is 0.268. The predicted octanol–water partition coefficient (Wildman–Crippen LogP) is 2.95. The first-order valence-corrected chi connectivity index (χ1v) is 6.95. The highest BCUT2D eigenvalue weighted by molar-refractivity contribution is 6.04. The summed E-state index contributed by atoms with van der Waals surface area (Å²) in [5.74, 6) is -0.268. The first kappa shape index (κ1) is 14.0. The van der Waals surface area contributed by atoms with Gasteiger partial charge >= 0.3 is 0 Å². The Morgan fingerprint density at radius 1 is 1.00 bits per heavy atom. The summed E-state index contributed by atoms with van der Waals surface area (Å²) < 4.78 is 0. The van der Waals surface area contributed by atoms with Crippen molar-refractivity contribution >= 4 is 28.2 Å². The summed E-state index contributed by atoms with van der Waals surface area (Å²) in [6.45, 7) is 0. The van der Waals surface area contributed by atoms with Gasteiger partial charge in [-0.15, -0.1) is 10.2 Å². The van der Waals surface area contributed by atoms with Crippen LogP contribution in [0.25, 0.3) is 10.9 Å². The van der Waals surface area contributed by atoms with Gasteiger partial charge in [0.1, 0.15) is 0 Å². The number of benzene rings is 2. The maximum Gasteiger partial charge on any atom is 0.276 e. The van der Waals surface area contributed by atoms with Crippen molar-refractivity contribution in [3.05, 3.63) is 60.3 Å². The van der Waals surface area contributed by atoms with E-state index in [1.165, 1.54) is 0 Å². The summed E-state index contributed by atoms with van der Waals surface area (Å²) in [5, 5.41) is 11.8. The van der Waals surface area contributed by atoms with E-state index >= 15 is 0 Å². The Morgan fingerprint density at radius 2 is 1.73 bits per heavy atom. The van der Waals surface area contributed by atoms with Crippen LogP contribution in [0, 0.1) is 0 Å². The lowest BCUT2D eigenvalue weighted by atomic mass is 10.2. The van der Waals surface area contributed by atoms with Crippen LogP contribution in [0.2, 0.25) is 0 Å². The molecule has 1 aromatic heterocycles. The first-order valence-electron chi connectivity index (χ1n) is 6.95. The van der Waals surface area contributed by atoms with Crippen molar-refractivity contribution in [3.8, 4) is 0 Å². The zero-order valence-electron chi connectivity index (χ0n) is 12.4. The summed E-state index contributed by atoms with van der Waals surface area (Å²) in [7, 11) is 3.94. The fraction of sp³-hybridized carbons (Fsp3) is 0.118. The predicted molar refractivity (Wildman–Crippen MR) is 88.3 cm³/mol. The maximum absolute atomic E-state index is 12.3. The van der Waals surface area contributed by atoms with Crippen molar-refractivity contribution in [2.45, 2.75) is 0 Å². The molecule has 0 bridgehead atoms. The molecule has 0 fully saturated rings. The Hall–Kier alpha value is -2.95. The van der Waals surface area contributed by atoms with Crippen molar-refractivity contribution in [1.82, 2.24) is 10.2 Å². The number of carbonyl (C=O) groups excluding carboxylic acids is 1. The summed E-state index contributed by atoms with van der Waals surface area (Å²) in [6, 6.07) is 16.9. The average molecular weight is 292 g/mol. The van der Waals surface area contributed by atoms with E-state index < -0.39 is 0 Å². The van der Waals surface area contributed by atoms with E-state index in [2.05, 4.69) is 15.5 Å². The second-order valence-electron chi connectivity index (χ2n) is 5.18. The second-order valence-corrected chi connectivity index (χ2v) is 5.18. The molecular formula is C17H16N4O. The van der Waals surface area contributed by atoms with Crippen molar-refractivity contribution in [2.24, 2.45) is 0 Å². The summed E-state index contributed by atoms with van der Waals surface area (Å²) in [6.07, 6.45) is 0. The van der Waals surface area contributed by atoms with Gasteiger partial charge in [0, 0.05) is 30.9 Å². The molecule has 1 N–H and O–H groups in total. The summed E-state index contributed by atoms with van der Waals surface area (Å²) in [4.78, 5) is 14.3. The number of nitrogens with one attached hydrogen (secondary N) is 1. The second kappa shape index (κ2) is 5.81. The van der Waals surface area contributed by atoms with Gasteiger partial charge in [-0.3, -0.25) is 4.79 Å². The topological polar surface area (TPSA) is 58.1 Å². The average Bonchev–Trinajstić information content (AvgIpc) is 2.55. The smallest absolute Gasteiger partial charge is 0.276 e. The molecule has 1 amide bonds. The molecule has 0 saturated heterocycles. The molecule has 1 heterocycles. The number of carbonyl (C=O) groups is 1. The van der Waals surface area contributed by atoms with Crippen molar-refractivity contribution in [1.29, 1.82) is 0 Å². The van der Waals surface area contributed by atoms with Crippen molar-refractivity contribution < 1.29 is 4.79 Å². The zero-order valence-corrected chi connectivity index (χ0v) is 12.4. The molecule has 0 aliphatic carbocycles. The highest BCUT2D eigenvalue weighted by Gasteiger charge is 2.09. The fourth-order valence-electron chi connectivity index (χ4n) is 2.13. The zero-order chi connectivity index (χ0) is 15.5. The minimum atomic E-state index is -0.268. The van der Waals surface area contributed by atoms with Gasteiger partial charge in [0.15, 0.2) is 5.69 Å². The Kier molecular flexibility index (Phi) is 3.70. The summed E-state index contributed by atoms with van der Waals surface area (Å²) in [5.41, 5.74) is 2.87. The van der Waals surface area contributed by atoms with Crippen LogP contribution >= 0.6 is 0 Å². The molecule has 0 atom stereocenters. The quantitative estimate of drug-likeness (QED) is 0.806. The van der Waals surface area contributed by atoms with E-state index in [-0.39, 0.29) is 5.91 Å². The van der Waals surface area contributed by atoms with E-state index in [1.54, 1.807) is 6.07 Å². The Morgan fingerprint density at radius 3 is 2.45 bits per heavy atom. The third-order valence-electron chi connectivity index (χ3n) is 3.37. The molecule has 2 aromatic carbocycles. The van der Waals surface area contributed by atoms with Crippen molar-refractivity contribution in [3.63, 3.8) is 0 Å². The highest BCUT2D eigenvalue weighted by atomic mass is 16.1. The standard InChI is InChI=1S/C17H16N4O/c1-21(2)14-9-7-13(8-10-14)18-17(22)16-11-12-5-3-4-6-15(12)19-20-16/h3-11H,1-2H3,(H,18,22). The Labute approximate surface area is 128 Å². The van der Waals surface area contributed by atoms with E-state index in [0.29, 0.717) is 5.69 Å². The van der Waals surface area contributed by atoms with Crippen LogP contribution in [-0.2, 0) is 0 Å². The molecule has 0 spiro atoms. The number of hydrogen-bond donors (Lipinski definition) is 1. The normalized spacial score (nSPS) is 10.5. The van der Waals surface area contributed by atoms with Crippen LogP contribution in [-0.4, -0.2) is 30.2 Å². The van der Waals surface area contributed by atoms with Crippen LogP contribution in [0.15, 0.2) is 54.6 Å². The van der Waals surface area contributed by atoms with E-state index in [0.717, 1.165) is 22.3 Å². The fourth-order valence-corrected chi connectivity index (χ4v) is 2.13. The molecule has 0 unspecified atom stereocenters. The molecule has 5 nitrogen and oxygen atoms in total. The molecule has 0 saturated carbocycles. The lowest BCUT2D eigenvalue weighted by Crippen LogP contribution is -2.14. The minimum Gasteiger partial charge on any atom is -0.378 e. The number of fused-ring (bicyclic) bond motifs is 1. The van der Waals surface area contributed by atoms with E-state index in [9.17, 15) is 4.79 Å². The lowest BCUT2D eigenvalue weighted by Gasteiger charge is -2.12.